The molecule has 2 heterocycles. The van der Waals surface area contributed by atoms with Crippen LogP contribution in [0.4, 0.5) is 5.69 Å². The summed E-state index contributed by atoms with van der Waals surface area (Å²) in [5, 5.41) is 12.0. The van der Waals surface area contributed by atoms with E-state index in [0.717, 1.165) is 11.4 Å². The van der Waals surface area contributed by atoms with Gasteiger partial charge in [0.2, 0.25) is 5.91 Å². The second-order valence-corrected chi connectivity index (χ2v) is 6.67. The zero-order chi connectivity index (χ0) is 19.9. The quantitative estimate of drug-likeness (QED) is 0.582. The maximum atomic E-state index is 12.4. The summed E-state index contributed by atoms with van der Waals surface area (Å²) in [6.45, 7) is 2.71. The van der Waals surface area contributed by atoms with Gasteiger partial charge in [-0.15, -0.1) is 10.2 Å². The maximum absolute atomic E-state index is 12.4. The SMILES string of the molecule is CCn1c(SCC(=O)Nc2cc(OC)cc(OC)c2)nnc1-c1ccncc1. The number of hydrogen-bond acceptors (Lipinski definition) is 7. The number of benzene rings is 1. The van der Waals surface area contributed by atoms with E-state index in [1.807, 2.05) is 23.6 Å². The third-order valence-electron chi connectivity index (χ3n) is 3.94. The Hall–Kier alpha value is -3.07. The summed E-state index contributed by atoms with van der Waals surface area (Å²) >= 11 is 1.33. The number of hydrogen-bond donors (Lipinski definition) is 1. The van der Waals surface area contributed by atoms with Gasteiger partial charge < -0.3 is 19.4 Å². The Morgan fingerprint density at radius 1 is 1.11 bits per heavy atom. The minimum Gasteiger partial charge on any atom is -0.497 e. The molecular weight excluding hydrogens is 378 g/mol. The lowest BCUT2D eigenvalue weighted by Gasteiger charge is -2.10. The number of ether oxygens (including phenoxy) is 2. The number of aromatic nitrogens is 4. The average molecular weight is 399 g/mol. The number of amides is 1. The fourth-order valence-corrected chi connectivity index (χ4v) is 3.40. The first-order chi connectivity index (χ1) is 13.6. The molecule has 0 fully saturated rings. The lowest BCUT2D eigenvalue weighted by Crippen LogP contribution is -2.14. The van der Waals surface area contributed by atoms with E-state index in [1.165, 1.54) is 11.8 Å². The van der Waals surface area contributed by atoms with E-state index in [0.29, 0.717) is 28.9 Å². The monoisotopic (exact) mass is 399 g/mol. The van der Waals surface area contributed by atoms with Gasteiger partial charge in [-0.25, -0.2) is 0 Å². The van der Waals surface area contributed by atoms with Crippen LogP contribution in [-0.2, 0) is 11.3 Å². The molecule has 0 saturated carbocycles. The predicted octanol–water partition coefficient (Wildman–Crippen LogP) is 3.11. The molecule has 0 saturated heterocycles. The molecule has 0 aliphatic carbocycles. The van der Waals surface area contributed by atoms with Gasteiger partial charge >= 0.3 is 0 Å². The number of thioether (sulfide) groups is 1. The molecule has 0 aliphatic heterocycles. The van der Waals surface area contributed by atoms with Gasteiger partial charge in [-0.3, -0.25) is 9.78 Å². The standard InChI is InChI=1S/C19H21N5O3S/c1-4-24-18(13-5-7-20-8-6-13)22-23-19(24)28-12-17(25)21-14-9-15(26-2)11-16(10-14)27-3/h5-11H,4,12H2,1-3H3,(H,21,25). The Morgan fingerprint density at radius 2 is 1.79 bits per heavy atom. The highest BCUT2D eigenvalue weighted by atomic mass is 32.2. The molecule has 2 aromatic heterocycles. The molecule has 3 aromatic rings. The molecule has 9 heteroatoms. The van der Waals surface area contributed by atoms with E-state index in [4.69, 9.17) is 9.47 Å². The van der Waals surface area contributed by atoms with Crippen molar-refractivity contribution in [2.75, 3.05) is 25.3 Å². The van der Waals surface area contributed by atoms with Crippen molar-refractivity contribution in [3.8, 4) is 22.9 Å². The molecule has 1 N–H and O–H groups in total. The van der Waals surface area contributed by atoms with E-state index in [-0.39, 0.29) is 11.7 Å². The summed E-state index contributed by atoms with van der Waals surface area (Å²) in [6.07, 6.45) is 3.43. The van der Waals surface area contributed by atoms with Crippen molar-refractivity contribution in [2.24, 2.45) is 0 Å². The number of nitrogens with zero attached hydrogens (tertiary/aromatic N) is 4. The summed E-state index contributed by atoms with van der Waals surface area (Å²) in [5.74, 6) is 2.01. The fraction of sp³-hybridized carbons (Fsp3) is 0.263. The molecule has 8 nitrogen and oxygen atoms in total. The molecular formula is C19H21N5O3S. The minimum absolute atomic E-state index is 0.156. The summed E-state index contributed by atoms with van der Waals surface area (Å²) < 4.78 is 12.4. The first-order valence-electron chi connectivity index (χ1n) is 8.64. The summed E-state index contributed by atoms with van der Waals surface area (Å²) in [4.78, 5) is 16.4. The van der Waals surface area contributed by atoms with Crippen molar-refractivity contribution in [3.63, 3.8) is 0 Å². The van der Waals surface area contributed by atoms with Crippen LogP contribution in [0.1, 0.15) is 6.92 Å². The number of nitrogens with one attached hydrogen (secondary N) is 1. The van der Waals surface area contributed by atoms with Crippen LogP contribution in [0.5, 0.6) is 11.5 Å². The number of pyridine rings is 1. The van der Waals surface area contributed by atoms with E-state index in [1.54, 1.807) is 44.8 Å². The number of anilines is 1. The molecule has 0 spiro atoms. The van der Waals surface area contributed by atoms with Crippen LogP contribution < -0.4 is 14.8 Å². The normalized spacial score (nSPS) is 10.5. The maximum Gasteiger partial charge on any atom is 0.234 e. The highest BCUT2D eigenvalue weighted by Gasteiger charge is 2.15. The third-order valence-corrected chi connectivity index (χ3v) is 4.91. The average Bonchev–Trinajstić information content (AvgIpc) is 3.15. The Kier molecular flexibility index (Phi) is 6.49. The molecule has 28 heavy (non-hydrogen) atoms. The van der Waals surface area contributed by atoms with Gasteiger partial charge in [0, 0.05) is 48.4 Å². The molecule has 146 valence electrons. The van der Waals surface area contributed by atoms with Crippen LogP contribution in [-0.4, -0.2) is 45.6 Å². The Bertz CT molecular complexity index is 924. The predicted molar refractivity (Wildman–Crippen MR) is 108 cm³/mol. The van der Waals surface area contributed by atoms with E-state index >= 15 is 0 Å². The van der Waals surface area contributed by atoms with Crippen LogP contribution in [0.2, 0.25) is 0 Å². The van der Waals surface area contributed by atoms with E-state index < -0.39 is 0 Å². The summed E-state index contributed by atoms with van der Waals surface area (Å²) in [7, 11) is 3.13. The van der Waals surface area contributed by atoms with Crippen molar-refractivity contribution in [2.45, 2.75) is 18.6 Å². The summed E-state index contributed by atoms with van der Waals surface area (Å²) in [5.41, 5.74) is 1.54. The van der Waals surface area contributed by atoms with Gasteiger partial charge in [0.25, 0.3) is 0 Å². The molecule has 0 bridgehead atoms. The second-order valence-electron chi connectivity index (χ2n) is 5.72. The lowest BCUT2D eigenvalue weighted by molar-refractivity contribution is -0.113. The molecule has 1 aromatic carbocycles. The van der Waals surface area contributed by atoms with Crippen molar-refractivity contribution >= 4 is 23.4 Å². The van der Waals surface area contributed by atoms with Crippen LogP contribution in [0.3, 0.4) is 0 Å². The first kappa shape index (κ1) is 19.7. The zero-order valence-corrected chi connectivity index (χ0v) is 16.7. The number of rotatable bonds is 8. The molecule has 0 radical (unpaired) electrons. The largest absolute Gasteiger partial charge is 0.497 e. The van der Waals surface area contributed by atoms with Crippen molar-refractivity contribution < 1.29 is 14.3 Å². The number of methoxy groups -OCH3 is 2. The Balaban J connectivity index is 1.68. The molecule has 1 amide bonds. The van der Waals surface area contributed by atoms with Crippen molar-refractivity contribution in [3.05, 3.63) is 42.7 Å². The number of carbonyl (C=O) groups is 1. The summed E-state index contributed by atoms with van der Waals surface area (Å²) in [6, 6.07) is 8.98. The Labute approximate surface area is 167 Å². The van der Waals surface area contributed by atoms with Crippen molar-refractivity contribution in [1.82, 2.24) is 19.7 Å². The molecule has 0 unspecified atom stereocenters. The highest BCUT2D eigenvalue weighted by molar-refractivity contribution is 7.99. The first-order valence-corrected chi connectivity index (χ1v) is 9.62. The smallest absolute Gasteiger partial charge is 0.234 e. The molecule has 3 rings (SSSR count). The van der Waals surface area contributed by atoms with Gasteiger partial charge in [0.1, 0.15) is 11.5 Å². The van der Waals surface area contributed by atoms with Gasteiger partial charge in [-0.2, -0.15) is 0 Å². The minimum atomic E-state index is -0.156. The van der Waals surface area contributed by atoms with Gasteiger partial charge in [0.15, 0.2) is 11.0 Å². The van der Waals surface area contributed by atoms with Crippen LogP contribution in [0.25, 0.3) is 11.4 Å². The van der Waals surface area contributed by atoms with Crippen LogP contribution in [0.15, 0.2) is 47.9 Å². The second kappa shape index (κ2) is 9.23. The number of carbonyl (C=O) groups excluding carboxylic acids is 1. The topological polar surface area (TPSA) is 91.2 Å². The van der Waals surface area contributed by atoms with Gasteiger partial charge in [0.05, 0.1) is 20.0 Å². The molecule has 0 atom stereocenters. The van der Waals surface area contributed by atoms with Crippen LogP contribution >= 0.6 is 11.8 Å². The van der Waals surface area contributed by atoms with Crippen LogP contribution in [0, 0.1) is 0 Å². The van der Waals surface area contributed by atoms with Crippen molar-refractivity contribution in [1.29, 1.82) is 0 Å². The third kappa shape index (κ3) is 4.61. The Morgan fingerprint density at radius 3 is 2.39 bits per heavy atom. The fourth-order valence-electron chi connectivity index (χ4n) is 2.60. The molecule has 0 aliphatic rings. The van der Waals surface area contributed by atoms with Gasteiger partial charge in [-0.1, -0.05) is 11.8 Å². The van der Waals surface area contributed by atoms with E-state index in [9.17, 15) is 4.79 Å². The zero-order valence-electron chi connectivity index (χ0n) is 15.9. The van der Waals surface area contributed by atoms with E-state index in [2.05, 4.69) is 20.5 Å². The van der Waals surface area contributed by atoms with Gasteiger partial charge in [-0.05, 0) is 19.1 Å². The lowest BCUT2D eigenvalue weighted by atomic mass is 10.2. The highest BCUT2D eigenvalue weighted by Crippen LogP contribution is 2.27.